The van der Waals surface area contributed by atoms with Crippen molar-refractivity contribution in [3.05, 3.63) is 71.3 Å². The van der Waals surface area contributed by atoms with E-state index >= 15 is 0 Å². The van der Waals surface area contributed by atoms with Crippen LogP contribution in [0, 0.1) is 0 Å². The quantitative estimate of drug-likeness (QED) is 0.141. The molecule has 2 aromatic carbocycles. The average molecular weight is 541 g/mol. The zero-order valence-electron chi connectivity index (χ0n) is 18.1. The molecular weight excluding hydrogens is 509 g/mol. The number of halogens is 1. The number of hydrogen-bond donors (Lipinski definition) is 2. The molecule has 0 aliphatic carbocycles. The van der Waals surface area contributed by atoms with E-state index in [9.17, 15) is 4.79 Å². The molecule has 0 radical (unpaired) electrons. The number of aliphatic imine (C=N–C) groups is 1. The maximum Gasteiger partial charge on any atom is 0.338 e. The van der Waals surface area contributed by atoms with E-state index in [1.54, 1.807) is 20.2 Å². The highest BCUT2D eigenvalue weighted by Gasteiger charge is 2.08. The topological polar surface area (TPSA) is 81.2 Å². The molecular formula is C23H32IN3O4. The lowest BCUT2D eigenvalue weighted by molar-refractivity contribution is 0.0472. The molecule has 0 fully saturated rings. The summed E-state index contributed by atoms with van der Waals surface area (Å²) >= 11 is 0. The zero-order valence-corrected chi connectivity index (χ0v) is 20.5. The van der Waals surface area contributed by atoms with Crippen molar-refractivity contribution >= 4 is 35.9 Å². The Balaban J connectivity index is 0.00000480. The molecule has 7 nitrogen and oxygen atoms in total. The van der Waals surface area contributed by atoms with Crippen LogP contribution in [0.2, 0.25) is 0 Å². The molecule has 0 saturated heterocycles. The maximum atomic E-state index is 12.3. The highest BCUT2D eigenvalue weighted by atomic mass is 127. The van der Waals surface area contributed by atoms with E-state index in [1.165, 1.54) is 0 Å². The van der Waals surface area contributed by atoms with Crippen molar-refractivity contribution in [2.24, 2.45) is 4.99 Å². The molecule has 0 unspecified atom stereocenters. The van der Waals surface area contributed by atoms with Crippen molar-refractivity contribution in [2.45, 2.75) is 19.6 Å². The molecule has 0 spiro atoms. The van der Waals surface area contributed by atoms with Gasteiger partial charge in [-0.1, -0.05) is 42.5 Å². The second-order valence-electron chi connectivity index (χ2n) is 6.57. The number of hydrogen-bond acceptors (Lipinski definition) is 5. The second-order valence-corrected chi connectivity index (χ2v) is 6.57. The molecule has 170 valence electrons. The van der Waals surface area contributed by atoms with E-state index in [1.807, 2.05) is 48.5 Å². The molecule has 0 bridgehead atoms. The van der Waals surface area contributed by atoms with Gasteiger partial charge in [0.2, 0.25) is 0 Å². The standard InChI is InChI=1S/C23H31N3O4.HI/c1-24-23(25-12-7-13-29-15-14-28-2)26-17-20-10-6-11-21(16-20)22(27)30-18-19-8-4-3-5-9-19;/h3-6,8-11,16H,7,12-15,17-18H2,1-2H3,(H2,24,25,26);1H. The molecule has 0 aromatic heterocycles. The van der Waals surface area contributed by atoms with E-state index in [4.69, 9.17) is 14.2 Å². The summed E-state index contributed by atoms with van der Waals surface area (Å²) in [6.07, 6.45) is 0.868. The van der Waals surface area contributed by atoms with Gasteiger partial charge in [-0.25, -0.2) is 4.79 Å². The summed E-state index contributed by atoms with van der Waals surface area (Å²) in [6.45, 7) is 3.43. The summed E-state index contributed by atoms with van der Waals surface area (Å²) in [7, 11) is 3.38. The van der Waals surface area contributed by atoms with Crippen LogP contribution in [0.3, 0.4) is 0 Å². The van der Waals surface area contributed by atoms with Gasteiger partial charge >= 0.3 is 5.97 Å². The number of ether oxygens (including phenoxy) is 3. The number of carbonyl (C=O) groups is 1. The predicted octanol–water partition coefficient (Wildman–Crippen LogP) is 3.38. The van der Waals surface area contributed by atoms with Gasteiger partial charge in [0.05, 0.1) is 18.8 Å². The molecule has 2 N–H and O–H groups in total. The molecule has 0 heterocycles. The van der Waals surface area contributed by atoms with Crippen molar-refractivity contribution in [1.82, 2.24) is 10.6 Å². The van der Waals surface area contributed by atoms with Gasteiger partial charge in [0.25, 0.3) is 0 Å². The highest BCUT2D eigenvalue weighted by Crippen LogP contribution is 2.09. The van der Waals surface area contributed by atoms with Crippen LogP contribution < -0.4 is 10.6 Å². The number of nitrogens with one attached hydrogen (secondary N) is 2. The third kappa shape index (κ3) is 11.1. The molecule has 2 rings (SSSR count). The highest BCUT2D eigenvalue weighted by molar-refractivity contribution is 14.0. The van der Waals surface area contributed by atoms with Gasteiger partial charge < -0.3 is 24.8 Å². The third-order valence-electron chi connectivity index (χ3n) is 4.25. The van der Waals surface area contributed by atoms with Crippen LogP contribution in [-0.2, 0) is 27.4 Å². The molecule has 0 aliphatic heterocycles. The van der Waals surface area contributed by atoms with Gasteiger partial charge in [-0.3, -0.25) is 4.99 Å². The van der Waals surface area contributed by atoms with E-state index in [0.717, 1.165) is 24.1 Å². The van der Waals surface area contributed by atoms with Gasteiger partial charge in [0.1, 0.15) is 6.61 Å². The van der Waals surface area contributed by atoms with Gasteiger partial charge in [0, 0.05) is 33.9 Å². The molecule has 0 atom stereocenters. The summed E-state index contributed by atoms with van der Waals surface area (Å²) in [5.74, 6) is 0.362. The number of rotatable bonds is 12. The second kappa shape index (κ2) is 16.5. The first-order chi connectivity index (χ1) is 14.7. The Bertz CT molecular complexity index is 787. The van der Waals surface area contributed by atoms with E-state index in [0.29, 0.717) is 37.9 Å². The van der Waals surface area contributed by atoms with Gasteiger partial charge in [0.15, 0.2) is 5.96 Å². The van der Waals surface area contributed by atoms with Crippen molar-refractivity contribution in [3.8, 4) is 0 Å². The van der Waals surface area contributed by atoms with Crippen molar-refractivity contribution in [1.29, 1.82) is 0 Å². The molecule has 0 amide bonds. The lowest BCUT2D eigenvalue weighted by Gasteiger charge is -2.12. The molecule has 8 heteroatoms. The van der Waals surface area contributed by atoms with Crippen molar-refractivity contribution < 1.29 is 19.0 Å². The Morgan fingerprint density at radius 1 is 0.968 bits per heavy atom. The van der Waals surface area contributed by atoms with E-state index in [-0.39, 0.29) is 36.6 Å². The fourth-order valence-corrected chi connectivity index (χ4v) is 2.65. The Kier molecular flexibility index (Phi) is 14.3. The van der Waals surface area contributed by atoms with Crippen LogP contribution in [0.4, 0.5) is 0 Å². The van der Waals surface area contributed by atoms with Crippen LogP contribution in [0.5, 0.6) is 0 Å². The average Bonchev–Trinajstić information content (AvgIpc) is 2.79. The monoisotopic (exact) mass is 541 g/mol. The van der Waals surface area contributed by atoms with Crippen LogP contribution in [0.1, 0.15) is 27.9 Å². The Morgan fingerprint density at radius 2 is 1.74 bits per heavy atom. The van der Waals surface area contributed by atoms with Gasteiger partial charge in [-0.2, -0.15) is 0 Å². The summed E-state index contributed by atoms with van der Waals surface area (Å²) in [5.41, 5.74) is 2.46. The number of esters is 1. The maximum absolute atomic E-state index is 12.3. The van der Waals surface area contributed by atoms with Crippen LogP contribution in [0.25, 0.3) is 0 Å². The Labute approximate surface area is 201 Å². The predicted molar refractivity (Wildman–Crippen MR) is 133 cm³/mol. The number of carbonyl (C=O) groups excluding carboxylic acids is 1. The number of guanidine groups is 1. The first-order valence-electron chi connectivity index (χ1n) is 10.0. The Hall–Kier alpha value is -2.17. The van der Waals surface area contributed by atoms with Crippen molar-refractivity contribution in [3.63, 3.8) is 0 Å². The van der Waals surface area contributed by atoms with E-state index < -0.39 is 0 Å². The smallest absolute Gasteiger partial charge is 0.338 e. The van der Waals surface area contributed by atoms with Crippen LogP contribution in [0.15, 0.2) is 59.6 Å². The van der Waals surface area contributed by atoms with Gasteiger partial charge in [-0.15, -0.1) is 24.0 Å². The fourth-order valence-electron chi connectivity index (χ4n) is 2.65. The minimum atomic E-state index is -0.336. The first kappa shape index (κ1) is 26.9. The third-order valence-corrected chi connectivity index (χ3v) is 4.25. The minimum absolute atomic E-state index is 0. The zero-order chi connectivity index (χ0) is 21.4. The summed E-state index contributed by atoms with van der Waals surface area (Å²) in [6, 6.07) is 17.0. The normalized spacial score (nSPS) is 10.8. The van der Waals surface area contributed by atoms with Crippen molar-refractivity contribution in [2.75, 3.05) is 40.5 Å². The van der Waals surface area contributed by atoms with Crippen LogP contribution >= 0.6 is 24.0 Å². The lowest BCUT2D eigenvalue weighted by atomic mass is 10.1. The fraction of sp³-hybridized carbons (Fsp3) is 0.391. The molecule has 0 aliphatic rings. The number of benzene rings is 2. The number of nitrogens with zero attached hydrogens (tertiary/aromatic N) is 1. The lowest BCUT2D eigenvalue weighted by Crippen LogP contribution is -2.37. The SMILES string of the molecule is CN=C(NCCCOCCOC)NCc1cccc(C(=O)OCc2ccccc2)c1.I. The largest absolute Gasteiger partial charge is 0.457 e. The van der Waals surface area contributed by atoms with Crippen LogP contribution in [-0.4, -0.2) is 52.5 Å². The molecule has 31 heavy (non-hydrogen) atoms. The van der Waals surface area contributed by atoms with Gasteiger partial charge in [-0.05, 0) is 29.7 Å². The summed E-state index contributed by atoms with van der Waals surface area (Å²) in [4.78, 5) is 16.5. The summed E-state index contributed by atoms with van der Waals surface area (Å²) < 4.78 is 15.8. The minimum Gasteiger partial charge on any atom is -0.457 e. The molecule has 2 aromatic rings. The number of methoxy groups -OCH3 is 1. The van der Waals surface area contributed by atoms with E-state index in [2.05, 4.69) is 15.6 Å². The summed E-state index contributed by atoms with van der Waals surface area (Å²) in [5, 5.41) is 6.49. The molecule has 0 saturated carbocycles. The Morgan fingerprint density at radius 3 is 2.48 bits per heavy atom. The first-order valence-corrected chi connectivity index (χ1v) is 10.0.